The molecule has 0 aliphatic carbocycles. The molecule has 154 valence electrons. The van der Waals surface area contributed by atoms with E-state index in [9.17, 15) is 13.2 Å². The van der Waals surface area contributed by atoms with Gasteiger partial charge in [0.1, 0.15) is 0 Å². The first kappa shape index (κ1) is 24.4. The molecular weight excluding hydrogens is 490 g/mol. The number of rotatable bonds is 6. The van der Waals surface area contributed by atoms with Gasteiger partial charge in [-0.15, -0.1) is 24.0 Å². The minimum absolute atomic E-state index is 0. The average molecular weight is 517 g/mol. The molecule has 27 heavy (non-hydrogen) atoms. The molecule has 0 unspecified atom stereocenters. The van der Waals surface area contributed by atoms with E-state index in [1.807, 2.05) is 18.7 Å². The standard InChI is InChI=1S/C18H26F3N3OS.HI/c1-3-22-16(24-13-17(26-2)7-9-25-10-8-17)23-12-14-5-4-6-15(11-14)18(19,20)21;/h4-6,11H,3,7-10,12-13H2,1-2H3,(H2,22,23,24);1H. The Kier molecular flexibility index (Phi) is 10.2. The van der Waals surface area contributed by atoms with Gasteiger partial charge in [-0.2, -0.15) is 24.9 Å². The molecule has 2 rings (SSSR count). The maximum Gasteiger partial charge on any atom is 0.416 e. The van der Waals surface area contributed by atoms with Crippen LogP contribution in [0, 0.1) is 0 Å². The summed E-state index contributed by atoms with van der Waals surface area (Å²) in [6.07, 6.45) is -0.307. The monoisotopic (exact) mass is 517 g/mol. The molecule has 0 saturated carbocycles. The summed E-state index contributed by atoms with van der Waals surface area (Å²) >= 11 is 1.82. The lowest BCUT2D eigenvalue weighted by atomic mass is 9.99. The Bertz CT molecular complexity index is 608. The Hall–Kier alpha value is -0.680. The van der Waals surface area contributed by atoms with Crippen LogP contribution in [-0.4, -0.2) is 43.3 Å². The van der Waals surface area contributed by atoms with Gasteiger partial charge >= 0.3 is 6.18 Å². The highest BCUT2D eigenvalue weighted by Crippen LogP contribution is 2.33. The lowest BCUT2D eigenvalue weighted by molar-refractivity contribution is -0.137. The van der Waals surface area contributed by atoms with Crippen LogP contribution in [-0.2, 0) is 17.5 Å². The van der Waals surface area contributed by atoms with E-state index < -0.39 is 11.7 Å². The lowest BCUT2D eigenvalue weighted by Crippen LogP contribution is -2.47. The number of benzene rings is 1. The molecule has 1 aromatic rings. The van der Waals surface area contributed by atoms with E-state index >= 15 is 0 Å². The smallest absolute Gasteiger partial charge is 0.381 e. The second kappa shape index (κ2) is 11.4. The van der Waals surface area contributed by atoms with Crippen LogP contribution in [0.2, 0.25) is 0 Å². The first-order chi connectivity index (χ1) is 12.4. The number of alkyl halides is 3. The molecule has 4 nitrogen and oxygen atoms in total. The second-order valence-electron chi connectivity index (χ2n) is 6.25. The lowest BCUT2D eigenvalue weighted by Gasteiger charge is -2.36. The number of thioether (sulfide) groups is 1. The van der Waals surface area contributed by atoms with Crippen molar-refractivity contribution >= 4 is 41.7 Å². The molecule has 1 aliphatic rings. The molecule has 1 fully saturated rings. The van der Waals surface area contributed by atoms with Crippen LogP contribution >= 0.6 is 35.7 Å². The van der Waals surface area contributed by atoms with Crippen molar-refractivity contribution < 1.29 is 17.9 Å². The third kappa shape index (κ3) is 7.69. The summed E-state index contributed by atoms with van der Waals surface area (Å²) in [4.78, 5) is 4.44. The molecule has 0 radical (unpaired) electrons. The zero-order valence-corrected chi connectivity index (χ0v) is 18.7. The third-order valence-electron chi connectivity index (χ3n) is 4.43. The Balaban J connectivity index is 0.00000364. The van der Waals surface area contributed by atoms with Crippen molar-refractivity contribution in [2.45, 2.75) is 37.2 Å². The van der Waals surface area contributed by atoms with Gasteiger partial charge in [0.05, 0.1) is 12.1 Å². The van der Waals surface area contributed by atoms with E-state index in [0.717, 1.165) is 44.7 Å². The largest absolute Gasteiger partial charge is 0.416 e. The quantitative estimate of drug-likeness (QED) is 0.336. The van der Waals surface area contributed by atoms with E-state index in [1.54, 1.807) is 6.07 Å². The van der Waals surface area contributed by atoms with Crippen LogP contribution in [0.5, 0.6) is 0 Å². The SMILES string of the molecule is CCNC(=NCc1cccc(C(F)(F)F)c1)NCC1(SC)CCOCC1.I. The van der Waals surface area contributed by atoms with Gasteiger partial charge in [0.25, 0.3) is 0 Å². The molecule has 1 saturated heterocycles. The molecule has 0 aromatic heterocycles. The zero-order valence-electron chi connectivity index (χ0n) is 15.6. The first-order valence-electron chi connectivity index (χ1n) is 8.70. The van der Waals surface area contributed by atoms with Gasteiger partial charge in [-0.25, -0.2) is 4.99 Å². The van der Waals surface area contributed by atoms with Crippen molar-refractivity contribution in [2.75, 3.05) is 32.6 Å². The van der Waals surface area contributed by atoms with Gasteiger partial charge in [-0.05, 0) is 43.7 Å². The zero-order chi connectivity index (χ0) is 19.0. The summed E-state index contributed by atoms with van der Waals surface area (Å²) in [7, 11) is 0. The molecule has 0 bridgehead atoms. The fraction of sp³-hybridized carbons (Fsp3) is 0.611. The normalized spacial score (nSPS) is 17.1. The molecule has 0 spiro atoms. The molecule has 1 heterocycles. The molecule has 1 aliphatic heterocycles. The number of nitrogens with one attached hydrogen (secondary N) is 2. The van der Waals surface area contributed by atoms with E-state index in [-0.39, 0.29) is 35.3 Å². The van der Waals surface area contributed by atoms with E-state index in [4.69, 9.17) is 4.74 Å². The van der Waals surface area contributed by atoms with Crippen molar-refractivity contribution in [2.24, 2.45) is 4.99 Å². The summed E-state index contributed by atoms with van der Waals surface area (Å²) in [5.74, 6) is 0.616. The Labute approximate surface area is 180 Å². The Morgan fingerprint density at radius 1 is 1.26 bits per heavy atom. The summed E-state index contributed by atoms with van der Waals surface area (Å²) in [5, 5.41) is 6.49. The highest BCUT2D eigenvalue weighted by molar-refractivity contribution is 14.0. The van der Waals surface area contributed by atoms with Crippen molar-refractivity contribution in [3.8, 4) is 0 Å². The number of aliphatic imine (C=N–C) groups is 1. The molecule has 1 aromatic carbocycles. The molecule has 0 atom stereocenters. The van der Waals surface area contributed by atoms with Crippen LogP contribution < -0.4 is 10.6 Å². The maximum atomic E-state index is 12.8. The van der Waals surface area contributed by atoms with Gasteiger partial charge in [-0.1, -0.05) is 12.1 Å². The topological polar surface area (TPSA) is 45.7 Å². The van der Waals surface area contributed by atoms with Gasteiger partial charge in [0, 0.05) is 31.1 Å². The minimum atomic E-state index is -4.34. The number of ether oxygens (including phenoxy) is 1. The molecule has 2 N–H and O–H groups in total. The van der Waals surface area contributed by atoms with Gasteiger partial charge < -0.3 is 15.4 Å². The van der Waals surface area contributed by atoms with E-state index in [0.29, 0.717) is 18.1 Å². The molecule has 0 amide bonds. The number of hydrogen-bond acceptors (Lipinski definition) is 3. The summed E-state index contributed by atoms with van der Waals surface area (Å²) in [6.45, 7) is 5.07. The van der Waals surface area contributed by atoms with Gasteiger partial charge in [0.15, 0.2) is 5.96 Å². The highest BCUT2D eigenvalue weighted by Gasteiger charge is 2.32. The van der Waals surface area contributed by atoms with Crippen LogP contribution in [0.1, 0.15) is 30.9 Å². The Morgan fingerprint density at radius 2 is 1.96 bits per heavy atom. The summed E-state index contributed by atoms with van der Waals surface area (Å²) < 4.78 is 44.0. The Morgan fingerprint density at radius 3 is 2.56 bits per heavy atom. The van der Waals surface area contributed by atoms with Crippen molar-refractivity contribution in [1.82, 2.24) is 10.6 Å². The first-order valence-corrected chi connectivity index (χ1v) is 9.92. The summed E-state index contributed by atoms with van der Waals surface area (Å²) in [6, 6.07) is 5.29. The number of guanidine groups is 1. The van der Waals surface area contributed by atoms with Crippen LogP contribution in [0.25, 0.3) is 0 Å². The fourth-order valence-electron chi connectivity index (χ4n) is 2.80. The number of hydrogen-bond donors (Lipinski definition) is 2. The van der Waals surface area contributed by atoms with E-state index in [1.165, 1.54) is 6.07 Å². The minimum Gasteiger partial charge on any atom is -0.381 e. The van der Waals surface area contributed by atoms with Crippen LogP contribution in [0.4, 0.5) is 13.2 Å². The predicted octanol–water partition coefficient (Wildman–Crippen LogP) is 4.29. The third-order valence-corrected chi connectivity index (χ3v) is 5.85. The second-order valence-corrected chi connectivity index (χ2v) is 7.52. The van der Waals surface area contributed by atoms with Crippen LogP contribution in [0.3, 0.4) is 0 Å². The van der Waals surface area contributed by atoms with E-state index in [2.05, 4.69) is 21.9 Å². The molecule has 9 heteroatoms. The fourth-order valence-corrected chi connectivity index (χ4v) is 3.59. The summed E-state index contributed by atoms with van der Waals surface area (Å²) in [5.41, 5.74) is -0.116. The van der Waals surface area contributed by atoms with Crippen molar-refractivity contribution in [1.29, 1.82) is 0 Å². The van der Waals surface area contributed by atoms with Gasteiger partial charge in [-0.3, -0.25) is 0 Å². The number of halogens is 4. The number of nitrogens with zero attached hydrogens (tertiary/aromatic N) is 1. The molecular formula is C18H27F3IN3OS. The average Bonchev–Trinajstić information content (AvgIpc) is 2.64. The van der Waals surface area contributed by atoms with Crippen molar-refractivity contribution in [3.05, 3.63) is 35.4 Å². The maximum absolute atomic E-state index is 12.8. The van der Waals surface area contributed by atoms with Gasteiger partial charge in [0.2, 0.25) is 0 Å². The van der Waals surface area contributed by atoms with Crippen molar-refractivity contribution in [3.63, 3.8) is 0 Å². The highest BCUT2D eigenvalue weighted by atomic mass is 127. The van der Waals surface area contributed by atoms with Crippen LogP contribution in [0.15, 0.2) is 29.3 Å². The predicted molar refractivity (Wildman–Crippen MR) is 116 cm³/mol.